The smallest absolute Gasteiger partial charge is 0.0218 e. The van der Waals surface area contributed by atoms with Crippen LogP contribution in [0, 0.1) is 0 Å². The summed E-state index contributed by atoms with van der Waals surface area (Å²) in [6.45, 7) is 8.01. The van der Waals surface area contributed by atoms with Crippen LogP contribution in [-0.4, -0.2) is 37.6 Å². The Morgan fingerprint density at radius 1 is 1.26 bits per heavy atom. The van der Waals surface area contributed by atoms with Crippen molar-refractivity contribution in [1.29, 1.82) is 0 Å². The van der Waals surface area contributed by atoms with Gasteiger partial charge in [-0.3, -0.25) is 0 Å². The first kappa shape index (κ1) is 14.5. The summed E-state index contributed by atoms with van der Waals surface area (Å²) in [5.41, 5.74) is 2.90. The SMILES string of the molecule is CC(C)c1ccc(CCN(C)C2CCCNC2)cc1. The summed E-state index contributed by atoms with van der Waals surface area (Å²) < 4.78 is 0. The van der Waals surface area contributed by atoms with Gasteiger partial charge in [0.25, 0.3) is 0 Å². The van der Waals surface area contributed by atoms with Crippen LogP contribution in [0.15, 0.2) is 24.3 Å². The Labute approximate surface area is 118 Å². The average molecular weight is 260 g/mol. The third kappa shape index (κ3) is 4.32. The Balaban J connectivity index is 1.80. The van der Waals surface area contributed by atoms with Gasteiger partial charge in [0, 0.05) is 19.1 Å². The molecule has 1 saturated heterocycles. The van der Waals surface area contributed by atoms with E-state index in [0.717, 1.165) is 25.6 Å². The van der Waals surface area contributed by atoms with Crippen molar-refractivity contribution in [3.05, 3.63) is 35.4 Å². The molecule has 0 aliphatic carbocycles. The van der Waals surface area contributed by atoms with Crippen molar-refractivity contribution in [2.45, 2.75) is 45.1 Å². The summed E-state index contributed by atoms with van der Waals surface area (Å²) in [5.74, 6) is 0.630. The van der Waals surface area contributed by atoms with Crippen LogP contribution >= 0.6 is 0 Å². The Morgan fingerprint density at radius 2 is 2.00 bits per heavy atom. The molecule has 1 heterocycles. The van der Waals surface area contributed by atoms with Crippen LogP contribution in [0.5, 0.6) is 0 Å². The maximum Gasteiger partial charge on any atom is 0.0218 e. The highest BCUT2D eigenvalue weighted by Gasteiger charge is 2.16. The summed E-state index contributed by atoms with van der Waals surface area (Å²) in [7, 11) is 2.26. The molecule has 2 nitrogen and oxygen atoms in total. The molecule has 0 aromatic heterocycles. The number of likely N-dealkylation sites (N-methyl/N-ethyl adjacent to an activating group) is 1. The molecule has 19 heavy (non-hydrogen) atoms. The molecule has 0 saturated carbocycles. The van der Waals surface area contributed by atoms with Crippen molar-refractivity contribution >= 4 is 0 Å². The van der Waals surface area contributed by atoms with Gasteiger partial charge < -0.3 is 10.2 Å². The number of hydrogen-bond donors (Lipinski definition) is 1. The summed E-state index contributed by atoms with van der Waals surface area (Å²) in [6, 6.07) is 9.87. The van der Waals surface area contributed by atoms with Gasteiger partial charge in [0.05, 0.1) is 0 Å². The monoisotopic (exact) mass is 260 g/mol. The number of nitrogens with zero attached hydrogens (tertiary/aromatic N) is 1. The molecular weight excluding hydrogens is 232 g/mol. The Hall–Kier alpha value is -0.860. The van der Waals surface area contributed by atoms with E-state index in [-0.39, 0.29) is 0 Å². The minimum atomic E-state index is 0.630. The fraction of sp³-hybridized carbons (Fsp3) is 0.647. The fourth-order valence-electron chi connectivity index (χ4n) is 2.77. The number of nitrogens with one attached hydrogen (secondary N) is 1. The molecule has 1 aliphatic rings. The minimum absolute atomic E-state index is 0.630. The molecule has 1 atom stereocenters. The van der Waals surface area contributed by atoms with Crippen molar-refractivity contribution in [2.24, 2.45) is 0 Å². The van der Waals surface area contributed by atoms with Crippen LogP contribution in [0.25, 0.3) is 0 Å². The maximum absolute atomic E-state index is 3.49. The summed E-state index contributed by atoms with van der Waals surface area (Å²) in [4.78, 5) is 2.52. The second kappa shape index (κ2) is 7.06. The summed E-state index contributed by atoms with van der Waals surface area (Å²) >= 11 is 0. The van der Waals surface area contributed by atoms with Gasteiger partial charge in [0.15, 0.2) is 0 Å². The molecule has 1 aromatic rings. The van der Waals surface area contributed by atoms with Gasteiger partial charge in [-0.15, -0.1) is 0 Å². The van der Waals surface area contributed by atoms with Crippen molar-refractivity contribution in [1.82, 2.24) is 10.2 Å². The summed E-state index contributed by atoms with van der Waals surface area (Å²) in [6.07, 6.45) is 3.82. The topological polar surface area (TPSA) is 15.3 Å². The van der Waals surface area contributed by atoms with Gasteiger partial charge in [0.2, 0.25) is 0 Å². The summed E-state index contributed by atoms with van der Waals surface area (Å²) in [5, 5.41) is 3.49. The molecule has 1 N–H and O–H groups in total. The Bertz CT molecular complexity index is 363. The quantitative estimate of drug-likeness (QED) is 0.875. The molecule has 1 unspecified atom stereocenters. The van der Waals surface area contributed by atoms with Crippen molar-refractivity contribution in [3.63, 3.8) is 0 Å². The van der Waals surface area contributed by atoms with Crippen molar-refractivity contribution < 1.29 is 0 Å². The predicted molar refractivity (Wildman–Crippen MR) is 82.8 cm³/mol. The molecule has 0 radical (unpaired) electrons. The maximum atomic E-state index is 3.49. The van der Waals surface area contributed by atoms with Crippen molar-refractivity contribution in [2.75, 3.05) is 26.7 Å². The third-order valence-electron chi connectivity index (χ3n) is 4.29. The minimum Gasteiger partial charge on any atom is -0.315 e. The fourth-order valence-corrected chi connectivity index (χ4v) is 2.77. The first-order chi connectivity index (χ1) is 9.16. The van der Waals surface area contributed by atoms with Gasteiger partial charge in [0.1, 0.15) is 0 Å². The van der Waals surface area contributed by atoms with Gasteiger partial charge in [-0.1, -0.05) is 38.1 Å². The molecule has 0 spiro atoms. The number of rotatable bonds is 5. The average Bonchev–Trinajstić information content (AvgIpc) is 2.46. The van der Waals surface area contributed by atoms with E-state index in [0.29, 0.717) is 5.92 Å². The van der Waals surface area contributed by atoms with E-state index < -0.39 is 0 Å². The lowest BCUT2D eigenvalue weighted by Crippen LogP contribution is -2.44. The first-order valence-corrected chi connectivity index (χ1v) is 7.66. The van der Waals surface area contributed by atoms with Gasteiger partial charge in [-0.2, -0.15) is 0 Å². The normalized spacial score (nSPS) is 20.2. The van der Waals surface area contributed by atoms with Gasteiger partial charge >= 0.3 is 0 Å². The lowest BCUT2D eigenvalue weighted by atomic mass is 10.0. The molecule has 0 amide bonds. The first-order valence-electron chi connectivity index (χ1n) is 7.66. The van der Waals surface area contributed by atoms with Gasteiger partial charge in [-0.05, 0) is 49.9 Å². The van der Waals surface area contributed by atoms with Crippen LogP contribution in [0.1, 0.15) is 43.7 Å². The van der Waals surface area contributed by atoms with Crippen molar-refractivity contribution in [3.8, 4) is 0 Å². The van der Waals surface area contributed by atoms with Crippen LogP contribution < -0.4 is 5.32 Å². The lowest BCUT2D eigenvalue weighted by Gasteiger charge is -2.31. The van der Waals surface area contributed by atoms with E-state index in [2.05, 4.69) is 55.4 Å². The molecule has 2 heteroatoms. The molecule has 2 rings (SSSR count). The van der Waals surface area contributed by atoms with E-state index in [1.54, 1.807) is 0 Å². The predicted octanol–water partition coefficient (Wildman–Crippen LogP) is 3.04. The van der Waals surface area contributed by atoms with Crippen LogP contribution in [0.4, 0.5) is 0 Å². The zero-order valence-corrected chi connectivity index (χ0v) is 12.7. The van der Waals surface area contributed by atoms with E-state index in [1.807, 2.05) is 0 Å². The molecule has 1 aromatic carbocycles. The molecule has 106 valence electrons. The molecule has 1 aliphatic heterocycles. The zero-order valence-electron chi connectivity index (χ0n) is 12.7. The molecule has 0 bridgehead atoms. The second-order valence-corrected chi connectivity index (χ2v) is 6.13. The van der Waals surface area contributed by atoms with Crippen LogP contribution in [0.2, 0.25) is 0 Å². The highest BCUT2D eigenvalue weighted by molar-refractivity contribution is 5.24. The Kier molecular flexibility index (Phi) is 5.41. The van der Waals surface area contributed by atoms with Gasteiger partial charge in [-0.25, -0.2) is 0 Å². The van der Waals surface area contributed by atoms with E-state index in [1.165, 1.54) is 30.5 Å². The van der Waals surface area contributed by atoms with E-state index >= 15 is 0 Å². The van der Waals surface area contributed by atoms with Crippen LogP contribution in [0.3, 0.4) is 0 Å². The third-order valence-corrected chi connectivity index (χ3v) is 4.29. The van der Waals surface area contributed by atoms with E-state index in [4.69, 9.17) is 0 Å². The highest BCUT2D eigenvalue weighted by Crippen LogP contribution is 2.15. The van der Waals surface area contributed by atoms with E-state index in [9.17, 15) is 0 Å². The highest BCUT2D eigenvalue weighted by atomic mass is 15.2. The number of hydrogen-bond acceptors (Lipinski definition) is 2. The molecular formula is C17H28N2. The Morgan fingerprint density at radius 3 is 2.58 bits per heavy atom. The molecule has 1 fully saturated rings. The largest absolute Gasteiger partial charge is 0.315 e. The lowest BCUT2D eigenvalue weighted by molar-refractivity contribution is 0.205. The standard InChI is InChI=1S/C17H28N2/c1-14(2)16-8-6-15(7-9-16)10-12-19(3)17-5-4-11-18-13-17/h6-9,14,17-18H,4-5,10-13H2,1-3H3. The van der Waals surface area contributed by atoms with Crippen LogP contribution in [-0.2, 0) is 6.42 Å². The number of benzene rings is 1. The second-order valence-electron chi connectivity index (χ2n) is 6.13. The zero-order chi connectivity index (χ0) is 13.7. The number of piperidine rings is 1.